The zero-order chi connectivity index (χ0) is 18.5. The van der Waals surface area contributed by atoms with E-state index in [1.165, 1.54) is 12.1 Å². The summed E-state index contributed by atoms with van der Waals surface area (Å²) in [5, 5.41) is 13.5. The lowest BCUT2D eigenvalue weighted by molar-refractivity contribution is -0.139. The van der Waals surface area contributed by atoms with Gasteiger partial charge >= 0.3 is 5.97 Å². The van der Waals surface area contributed by atoms with E-state index in [4.69, 9.17) is 0 Å². The van der Waals surface area contributed by atoms with Gasteiger partial charge in [0.1, 0.15) is 5.82 Å². The third-order valence-corrected chi connectivity index (χ3v) is 5.85. The van der Waals surface area contributed by atoms with E-state index in [2.05, 4.69) is 5.10 Å². The second-order valence-corrected chi connectivity index (χ2v) is 7.28. The molecule has 6 nitrogen and oxygen atoms in total. The van der Waals surface area contributed by atoms with Gasteiger partial charge < -0.3 is 10.0 Å². The second-order valence-electron chi connectivity index (χ2n) is 7.28. The van der Waals surface area contributed by atoms with Crippen LogP contribution >= 0.6 is 0 Å². The fourth-order valence-electron chi connectivity index (χ4n) is 4.04. The summed E-state index contributed by atoms with van der Waals surface area (Å²) in [6.07, 6.45) is 3.75. The number of carbonyl (C=O) groups excluding carboxylic acids is 1. The minimum atomic E-state index is -0.721. The fourth-order valence-corrected chi connectivity index (χ4v) is 4.04. The van der Waals surface area contributed by atoms with Crippen LogP contribution in [0.4, 0.5) is 4.39 Å². The molecule has 2 aromatic rings. The summed E-state index contributed by atoms with van der Waals surface area (Å²) in [5.74, 6) is -1.38. The van der Waals surface area contributed by atoms with Crippen LogP contribution in [0.25, 0.3) is 5.69 Å². The Balaban J connectivity index is 1.48. The van der Waals surface area contributed by atoms with Crippen molar-refractivity contribution in [2.24, 2.45) is 11.3 Å². The molecule has 1 saturated carbocycles. The third kappa shape index (κ3) is 2.67. The Kier molecular flexibility index (Phi) is 3.82. The van der Waals surface area contributed by atoms with Crippen LogP contribution in [0, 0.1) is 24.1 Å². The van der Waals surface area contributed by atoms with Gasteiger partial charge in [-0.05, 0) is 55.9 Å². The maximum atomic E-state index is 13.1. The molecule has 1 aromatic heterocycles. The molecule has 7 heteroatoms. The van der Waals surface area contributed by atoms with E-state index in [-0.39, 0.29) is 23.1 Å². The van der Waals surface area contributed by atoms with Crippen LogP contribution in [0.3, 0.4) is 0 Å². The molecule has 1 aliphatic carbocycles. The molecule has 1 atom stereocenters. The molecule has 1 amide bonds. The summed E-state index contributed by atoms with van der Waals surface area (Å²) in [7, 11) is 0. The number of hydrogen-bond acceptors (Lipinski definition) is 3. The molecule has 26 heavy (non-hydrogen) atoms. The van der Waals surface area contributed by atoms with Crippen molar-refractivity contribution < 1.29 is 19.1 Å². The highest BCUT2D eigenvalue weighted by molar-refractivity contribution is 5.95. The molecule has 2 aliphatic rings. The summed E-state index contributed by atoms with van der Waals surface area (Å²) in [6, 6.07) is 5.95. The molecule has 1 aromatic carbocycles. The van der Waals surface area contributed by atoms with Crippen LogP contribution < -0.4 is 0 Å². The number of rotatable bonds is 3. The monoisotopic (exact) mass is 357 g/mol. The van der Waals surface area contributed by atoms with Crippen molar-refractivity contribution in [3.05, 3.63) is 47.5 Å². The van der Waals surface area contributed by atoms with E-state index in [1.54, 1.807) is 27.9 Å². The number of piperidine rings is 1. The van der Waals surface area contributed by atoms with Crippen LogP contribution in [0.5, 0.6) is 0 Å². The molecule has 1 N–H and O–H groups in total. The topological polar surface area (TPSA) is 75.4 Å². The van der Waals surface area contributed by atoms with E-state index >= 15 is 0 Å². The van der Waals surface area contributed by atoms with Gasteiger partial charge in [-0.1, -0.05) is 0 Å². The highest BCUT2D eigenvalue weighted by Crippen LogP contribution is 2.59. The molecule has 1 aliphatic heterocycles. The highest BCUT2D eigenvalue weighted by atomic mass is 19.1. The van der Waals surface area contributed by atoms with Gasteiger partial charge in [0.05, 0.1) is 29.1 Å². The number of aromatic nitrogens is 2. The average molecular weight is 357 g/mol. The number of halogens is 1. The molecule has 0 bridgehead atoms. The van der Waals surface area contributed by atoms with E-state index in [9.17, 15) is 19.1 Å². The molecule has 4 rings (SSSR count). The molecule has 1 saturated heterocycles. The highest BCUT2D eigenvalue weighted by Gasteiger charge is 2.59. The van der Waals surface area contributed by atoms with Gasteiger partial charge in [-0.25, -0.2) is 9.07 Å². The first-order valence-electron chi connectivity index (χ1n) is 8.74. The lowest BCUT2D eigenvalue weighted by Crippen LogP contribution is -2.40. The Morgan fingerprint density at radius 3 is 2.46 bits per heavy atom. The van der Waals surface area contributed by atoms with Crippen molar-refractivity contribution in [3.8, 4) is 5.69 Å². The number of aliphatic carboxylic acids is 1. The average Bonchev–Trinajstić information content (AvgIpc) is 3.20. The Morgan fingerprint density at radius 1 is 1.23 bits per heavy atom. The minimum absolute atomic E-state index is 0.0850. The third-order valence-electron chi connectivity index (χ3n) is 5.85. The van der Waals surface area contributed by atoms with Gasteiger partial charge in [-0.3, -0.25) is 9.59 Å². The first-order chi connectivity index (χ1) is 12.4. The summed E-state index contributed by atoms with van der Waals surface area (Å²) in [6.45, 7) is 2.96. The molecule has 2 heterocycles. The largest absolute Gasteiger partial charge is 0.481 e. The molecular weight excluding hydrogens is 337 g/mol. The number of benzene rings is 1. The van der Waals surface area contributed by atoms with Gasteiger partial charge in [-0.15, -0.1) is 0 Å². The predicted octanol–water partition coefficient (Wildman–Crippen LogP) is 2.65. The Morgan fingerprint density at radius 2 is 1.88 bits per heavy atom. The molecule has 1 spiro atoms. The van der Waals surface area contributed by atoms with Crippen molar-refractivity contribution in [3.63, 3.8) is 0 Å². The Hall–Kier alpha value is -2.70. The molecule has 136 valence electrons. The van der Waals surface area contributed by atoms with E-state index in [0.717, 1.165) is 19.3 Å². The van der Waals surface area contributed by atoms with Crippen molar-refractivity contribution in [1.29, 1.82) is 0 Å². The van der Waals surface area contributed by atoms with Gasteiger partial charge in [-0.2, -0.15) is 5.10 Å². The molecule has 0 radical (unpaired) electrons. The van der Waals surface area contributed by atoms with Crippen molar-refractivity contribution >= 4 is 11.9 Å². The first-order valence-corrected chi connectivity index (χ1v) is 8.74. The van der Waals surface area contributed by atoms with E-state index in [0.29, 0.717) is 30.0 Å². The summed E-state index contributed by atoms with van der Waals surface area (Å²) in [4.78, 5) is 25.8. The van der Waals surface area contributed by atoms with Crippen LogP contribution in [-0.2, 0) is 4.79 Å². The van der Waals surface area contributed by atoms with Gasteiger partial charge in [0.15, 0.2) is 0 Å². The van der Waals surface area contributed by atoms with E-state index < -0.39 is 5.97 Å². The zero-order valence-electron chi connectivity index (χ0n) is 14.5. The standard InChI is InChI=1S/C19H20FN3O3/c1-12-15(11-21-23(12)14-4-2-13(20)3-5-14)17(24)22-8-6-19(7-9-22)10-16(19)18(25)26/h2-5,11,16H,6-10H2,1H3,(H,25,26). The zero-order valence-corrected chi connectivity index (χ0v) is 14.5. The first kappa shape index (κ1) is 16.8. The van der Waals surface area contributed by atoms with Gasteiger partial charge in [0, 0.05) is 13.1 Å². The maximum absolute atomic E-state index is 13.1. The number of amides is 1. The van der Waals surface area contributed by atoms with Gasteiger partial charge in [0.25, 0.3) is 5.91 Å². The number of nitrogens with zero attached hydrogens (tertiary/aromatic N) is 3. The van der Waals surface area contributed by atoms with Crippen LogP contribution in [0.1, 0.15) is 35.3 Å². The van der Waals surface area contributed by atoms with Gasteiger partial charge in [0.2, 0.25) is 0 Å². The molecule has 1 unspecified atom stereocenters. The van der Waals surface area contributed by atoms with Crippen LogP contribution in [0.15, 0.2) is 30.5 Å². The van der Waals surface area contributed by atoms with E-state index in [1.807, 2.05) is 6.92 Å². The lowest BCUT2D eigenvalue weighted by atomic mass is 9.90. The van der Waals surface area contributed by atoms with Crippen molar-refractivity contribution in [2.45, 2.75) is 26.2 Å². The smallest absolute Gasteiger partial charge is 0.307 e. The SMILES string of the molecule is Cc1c(C(=O)N2CCC3(CC2)CC3C(=O)O)cnn1-c1ccc(F)cc1. The Labute approximate surface area is 150 Å². The Bertz CT molecular complexity index is 867. The van der Waals surface area contributed by atoms with Crippen molar-refractivity contribution in [1.82, 2.24) is 14.7 Å². The number of likely N-dealkylation sites (tertiary alicyclic amines) is 1. The number of carboxylic acids is 1. The lowest BCUT2D eigenvalue weighted by Gasteiger charge is -2.32. The maximum Gasteiger partial charge on any atom is 0.307 e. The number of carboxylic acid groups (broad SMARTS) is 1. The molecular formula is C19H20FN3O3. The van der Waals surface area contributed by atoms with Crippen LogP contribution in [0.2, 0.25) is 0 Å². The summed E-state index contributed by atoms with van der Waals surface area (Å²) in [5.41, 5.74) is 1.83. The van der Waals surface area contributed by atoms with Crippen LogP contribution in [-0.4, -0.2) is 44.8 Å². The fraction of sp³-hybridized carbons (Fsp3) is 0.421. The quantitative estimate of drug-likeness (QED) is 0.916. The minimum Gasteiger partial charge on any atom is -0.481 e. The summed E-state index contributed by atoms with van der Waals surface area (Å²) < 4.78 is 14.7. The van der Waals surface area contributed by atoms with Crippen molar-refractivity contribution in [2.75, 3.05) is 13.1 Å². The number of carbonyl (C=O) groups is 2. The predicted molar refractivity (Wildman–Crippen MR) is 91.6 cm³/mol. The second kappa shape index (κ2) is 5.93. The molecule has 2 fully saturated rings. The number of hydrogen-bond donors (Lipinski definition) is 1. The summed E-state index contributed by atoms with van der Waals surface area (Å²) >= 11 is 0. The normalized spacial score (nSPS) is 21.0.